The number of nitrogens with zero attached hydrogens (tertiary/aromatic N) is 5. The van der Waals surface area contributed by atoms with Crippen LogP contribution in [0.5, 0.6) is 0 Å². The van der Waals surface area contributed by atoms with Gasteiger partial charge in [0.2, 0.25) is 0 Å². The van der Waals surface area contributed by atoms with Gasteiger partial charge in [0.15, 0.2) is 5.82 Å². The maximum Gasteiger partial charge on any atom is 0.151 e. The molecule has 2 heterocycles. The van der Waals surface area contributed by atoms with Crippen LogP contribution in [0.4, 0.5) is 5.82 Å². The van der Waals surface area contributed by atoms with Crippen LogP contribution in [-0.4, -0.2) is 26.3 Å². The lowest BCUT2D eigenvalue weighted by Gasteiger charge is -2.21. The fourth-order valence-electron chi connectivity index (χ4n) is 1.65. The van der Waals surface area contributed by atoms with Gasteiger partial charge in [-0.1, -0.05) is 11.6 Å². The van der Waals surface area contributed by atoms with E-state index in [1.807, 2.05) is 19.4 Å². The van der Waals surface area contributed by atoms with Crippen LogP contribution in [0.2, 0.25) is 5.02 Å². The number of hydrogen-bond acceptors (Lipinski definition) is 4. The van der Waals surface area contributed by atoms with Crippen LogP contribution in [0.15, 0.2) is 24.9 Å². The number of halogens is 1. The van der Waals surface area contributed by atoms with Crippen molar-refractivity contribution >= 4 is 17.4 Å². The van der Waals surface area contributed by atoms with E-state index in [1.54, 1.807) is 10.9 Å². The van der Waals surface area contributed by atoms with Crippen molar-refractivity contribution in [1.29, 1.82) is 0 Å². The van der Waals surface area contributed by atoms with E-state index in [-0.39, 0.29) is 0 Å². The minimum absolute atomic E-state index is 0.568. The Morgan fingerprint density at radius 2 is 2.24 bits per heavy atom. The molecule has 0 radical (unpaired) electrons. The Balaban J connectivity index is 2.20. The molecule has 6 heteroatoms. The van der Waals surface area contributed by atoms with Crippen molar-refractivity contribution in [1.82, 2.24) is 19.7 Å². The lowest BCUT2D eigenvalue weighted by Crippen LogP contribution is -2.23. The molecule has 0 aliphatic carbocycles. The zero-order chi connectivity index (χ0) is 12.3. The summed E-state index contributed by atoms with van der Waals surface area (Å²) in [5, 5.41) is 4.71. The minimum atomic E-state index is 0.568. The molecule has 0 unspecified atom stereocenters. The predicted molar refractivity (Wildman–Crippen MR) is 67.0 cm³/mol. The molecule has 0 amide bonds. The smallest absolute Gasteiger partial charge is 0.151 e. The highest BCUT2D eigenvalue weighted by atomic mass is 35.5. The topological polar surface area (TPSA) is 46.8 Å². The number of hydrogen-bond donors (Lipinski definition) is 0. The van der Waals surface area contributed by atoms with Crippen molar-refractivity contribution in [2.45, 2.75) is 13.5 Å². The maximum atomic E-state index is 6.08. The van der Waals surface area contributed by atoms with Crippen LogP contribution in [-0.2, 0) is 13.6 Å². The Kier molecular flexibility index (Phi) is 3.58. The van der Waals surface area contributed by atoms with Crippen LogP contribution in [0.25, 0.3) is 0 Å². The van der Waals surface area contributed by atoms with Gasteiger partial charge in [0, 0.05) is 31.9 Å². The number of aromatic nitrogens is 4. The van der Waals surface area contributed by atoms with E-state index in [4.69, 9.17) is 11.6 Å². The van der Waals surface area contributed by atoms with E-state index in [1.165, 1.54) is 6.33 Å². The second-order valence-electron chi connectivity index (χ2n) is 3.73. The van der Waals surface area contributed by atoms with Crippen LogP contribution < -0.4 is 4.90 Å². The summed E-state index contributed by atoms with van der Waals surface area (Å²) in [7, 11) is 1.90. The average molecular weight is 252 g/mol. The summed E-state index contributed by atoms with van der Waals surface area (Å²) in [6.07, 6.45) is 6.94. The first-order valence-electron chi connectivity index (χ1n) is 5.38. The Morgan fingerprint density at radius 3 is 2.82 bits per heavy atom. The van der Waals surface area contributed by atoms with Crippen molar-refractivity contribution in [3.8, 4) is 0 Å². The van der Waals surface area contributed by atoms with Crippen LogP contribution >= 0.6 is 11.6 Å². The zero-order valence-corrected chi connectivity index (χ0v) is 10.6. The quantitative estimate of drug-likeness (QED) is 0.833. The second kappa shape index (κ2) is 5.14. The number of anilines is 1. The first kappa shape index (κ1) is 11.9. The van der Waals surface area contributed by atoms with Gasteiger partial charge in [-0.25, -0.2) is 9.97 Å². The molecule has 0 bridgehead atoms. The van der Waals surface area contributed by atoms with Crippen molar-refractivity contribution in [2.75, 3.05) is 11.4 Å². The molecular weight excluding hydrogens is 238 g/mol. The first-order valence-corrected chi connectivity index (χ1v) is 5.76. The van der Waals surface area contributed by atoms with Gasteiger partial charge in [-0.05, 0) is 6.92 Å². The fourth-order valence-corrected chi connectivity index (χ4v) is 1.87. The maximum absolute atomic E-state index is 6.08. The largest absolute Gasteiger partial charge is 0.351 e. The predicted octanol–water partition coefficient (Wildman–Crippen LogP) is 1.89. The van der Waals surface area contributed by atoms with Gasteiger partial charge >= 0.3 is 0 Å². The molecule has 0 atom stereocenters. The van der Waals surface area contributed by atoms with E-state index in [9.17, 15) is 0 Å². The monoisotopic (exact) mass is 251 g/mol. The molecular formula is C11H14ClN5. The summed E-state index contributed by atoms with van der Waals surface area (Å²) in [5.41, 5.74) is 1.13. The Labute approximate surface area is 105 Å². The molecule has 2 rings (SSSR count). The standard InChI is InChI=1S/C11H14ClN5/c1-3-17(7-9-4-15-16(2)6-9)11-10(12)5-13-8-14-11/h4-6,8H,3,7H2,1-2H3. The van der Waals surface area contributed by atoms with E-state index in [0.717, 1.165) is 24.5 Å². The van der Waals surface area contributed by atoms with E-state index in [0.29, 0.717) is 5.02 Å². The molecule has 0 saturated heterocycles. The van der Waals surface area contributed by atoms with Gasteiger partial charge in [0.25, 0.3) is 0 Å². The third-order valence-corrected chi connectivity index (χ3v) is 2.73. The van der Waals surface area contributed by atoms with Gasteiger partial charge in [-0.2, -0.15) is 5.10 Å². The number of aryl methyl sites for hydroxylation is 1. The van der Waals surface area contributed by atoms with Gasteiger partial charge in [-0.15, -0.1) is 0 Å². The average Bonchev–Trinajstić information content (AvgIpc) is 2.73. The van der Waals surface area contributed by atoms with E-state index in [2.05, 4.69) is 26.9 Å². The SMILES string of the molecule is CCN(Cc1cnn(C)c1)c1ncncc1Cl. The molecule has 5 nitrogen and oxygen atoms in total. The van der Waals surface area contributed by atoms with Gasteiger partial charge < -0.3 is 4.90 Å². The first-order chi connectivity index (χ1) is 8.20. The molecule has 0 aromatic carbocycles. The summed E-state index contributed by atoms with van der Waals surface area (Å²) < 4.78 is 1.78. The Morgan fingerprint density at radius 1 is 1.41 bits per heavy atom. The normalized spacial score (nSPS) is 10.5. The van der Waals surface area contributed by atoms with Crippen molar-refractivity contribution in [2.24, 2.45) is 7.05 Å². The summed E-state index contributed by atoms with van der Waals surface area (Å²) in [5.74, 6) is 0.757. The van der Waals surface area contributed by atoms with Crippen LogP contribution in [0.3, 0.4) is 0 Å². The highest BCUT2D eigenvalue weighted by molar-refractivity contribution is 6.32. The summed E-state index contributed by atoms with van der Waals surface area (Å²) in [6, 6.07) is 0. The molecule has 2 aromatic heterocycles. The molecule has 0 aliphatic heterocycles. The molecule has 0 fully saturated rings. The highest BCUT2D eigenvalue weighted by Crippen LogP contribution is 2.22. The second-order valence-corrected chi connectivity index (χ2v) is 4.14. The number of rotatable bonds is 4. The molecule has 0 aliphatic rings. The van der Waals surface area contributed by atoms with Crippen molar-refractivity contribution < 1.29 is 0 Å². The lowest BCUT2D eigenvalue weighted by atomic mass is 10.3. The minimum Gasteiger partial charge on any atom is -0.351 e. The Hall–Kier alpha value is -1.62. The molecule has 90 valence electrons. The van der Waals surface area contributed by atoms with Crippen LogP contribution in [0, 0.1) is 0 Å². The third kappa shape index (κ3) is 2.74. The summed E-state index contributed by atoms with van der Waals surface area (Å²) >= 11 is 6.08. The lowest BCUT2D eigenvalue weighted by molar-refractivity contribution is 0.764. The molecule has 0 N–H and O–H groups in total. The van der Waals surface area contributed by atoms with E-state index < -0.39 is 0 Å². The molecule has 0 saturated carbocycles. The van der Waals surface area contributed by atoms with Gasteiger partial charge in [0.05, 0.1) is 12.4 Å². The molecule has 0 spiro atoms. The summed E-state index contributed by atoms with van der Waals surface area (Å²) in [6.45, 7) is 3.63. The van der Waals surface area contributed by atoms with Crippen LogP contribution in [0.1, 0.15) is 12.5 Å². The molecule has 17 heavy (non-hydrogen) atoms. The zero-order valence-electron chi connectivity index (χ0n) is 9.84. The van der Waals surface area contributed by atoms with Gasteiger partial charge in [-0.3, -0.25) is 4.68 Å². The van der Waals surface area contributed by atoms with Crippen molar-refractivity contribution in [3.63, 3.8) is 0 Å². The molecule has 2 aromatic rings. The van der Waals surface area contributed by atoms with Gasteiger partial charge in [0.1, 0.15) is 11.3 Å². The summed E-state index contributed by atoms with van der Waals surface area (Å²) in [4.78, 5) is 10.2. The van der Waals surface area contributed by atoms with Crippen molar-refractivity contribution in [3.05, 3.63) is 35.5 Å². The third-order valence-electron chi connectivity index (χ3n) is 2.46. The fraction of sp³-hybridized carbons (Fsp3) is 0.364. The van der Waals surface area contributed by atoms with E-state index >= 15 is 0 Å². The Bertz CT molecular complexity index is 496. The highest BCUT2D eigenvalue weighted by Gasteiger charge is 2.11.